The van der Waals surface area contributed by atoms with E-state index >= 15 is 0 Å². The first kappa shape index (κ1) is 19.8. The first-order chi connectivity index (χ1) is 12.5. The lowest BCUT2D eigenvalue weighted by Gasteiger charge is -2.10. The van der Waals surface area contributed by atoms with Crippen LogP contribution in [0, 0.1) is 6.92 Å². The molecular weight excluding hydrogens is 374 g/mol. The smallest absolute Gasteiger partial charge is 0.348 e. The minimum absolute atomic E-state index is 0.221. The van der Waals surface area contributed by atoms with Crippen molar-refractivity contribution in [3.8, 4) is 0 Å². The number of pyridine rings is 1. The van der Waals surface area contributed by atoms with Crippen LogP contribution in [0.1, 0.15) is 39.4 Å². The molecule has 0 unspecified atom stereocenters. The third-order valence-electron chi connectivity index (χ3n) is 3.22. The maximum Gasteiger partial charge on any atom is 0.348 e. The minimum atomic E-state index is -0.528. The summed E-state index contributed by atoms with van der Waals surface area (Å²) < 4.78 is 10.2. The van der Waals surface area contributed by atoms with Crippen molar-refractivity contribution in [1.29, 1.82) is 0 Å². The normalized spacial score (nSPS) is 10.1. The molecule has 0 aromatic carbocycles. The summed E-state index contributed by atoms with van der Waals surface area (Å²) in [6.45, 7) is 5.58. The molecule has 9 heteroatoms. The van der Waals surface area contributed by atoms with Crippen molar-refractivity contribution < 1.29 is 19.1 Å². The number of carbonyl (C=O) groups excluding carboxylic acids is 2. The molecule has 0 aliphatic carbocycles. The first-order valence-corrected chi connectivity index (χ1v) is 9.17. The van der Waals surface area contributed by atoms with E-state index in [2.05, 4.69) is 15.6 Å². The summed E-state index contributed by atoms with van der Waals surface area (Å²) in [5.41, 5.74) is 0.764. The quantitative estimate of drug-likeness (QED) is 0.568. The number of anilines is 2. The molecule has 0 spiro atoms. The highest BCUT2D eigenvalue weighted by molar-refractivity contribution is 7.80. The van der Waals surface area contributed by atoms with Gasteiger partial charge >= 0.3 is 11.9 Å². The van der Waals surface area contributed by atoms with Crippen molar-refractivity contribution in [1.82, 2.24) is 4.98 Å². The Morgan fingerprint density at radius 2 is 1.85 bits per heavy atom. The van der Waals surface area contributed by atoms with Crippen molar-refractivity contribution in [3.05, 3.63) is 40.4 Å². The van der Waals surface area contributed by atoms with E-state index in [4.69, 9.17) is 21.7 Å². The molecule has 2 N–H and O–H groups in total. The Labute approximate surface area is 160 Å². The molecule has 0 bridgehead atoms. The van der Waals surface area contributed by atoms with Crippen molar-refractivity contribution in [2.75, 3.05) is 23.8 Å². The molecule has 0 saturated carbocycles. The molecule has 0 radical (unpaired) electrons. The second kappa shape index (κ2) is 9.25. The van der Waals surface area contributed by atoms with Crippen LogP contribution in [-0.2, 0) is 9.47 Å². The van der Waals surface area contributed by atoms with E-state index in [9.17, 15) is 9.59 Å². The van der Waals surface area contributed by atoms with E-state index in [0.29, 0.717) is 21.3 Å². The number of carbonyl (C=O) groups is 2. The lowest BCUT2D eigenvalue weighted by molar-refractivity contribution is 0.0527. The second-order valence-electron chi connectivity index (χ2n) is 5.00. The van der Waals surface area contributed by atoms with Crippen LogP contribution < -0.4 is 10.6 Å². The van der Waals surface area contributed by atoms with Crippen molar-refractivity contribution in [2.24, 2.45) is 0 Å². The number of aromatic nitrogens is 1. The average molecular weight is 393 g/mol. The Hall–Kier alpha value is -2.52. The van der Waals surface area contributed by atoms with Gasteiger partial charge in [-0.2, -0.15) is 0 Å². The lowest BCUT2D eigenvalue weighted by atomic mass is 10.1. The molecule has 26 heavy (non-hydrogen) atoms. The molecule has 0 atom stereocenters. The number of thiophene rings is 1. The number of hydrogen-bond acceptors (Lipinski definition) is 7. The van der Waals surface area contributed by atoms with E-state index in [-0.39, 0.29) is 23.9 Å². The molecular formula is C17H19N3O4S2. The van der Waals surface area contributed by atoms with Gasteiger partial charge in [0.25, 0.3) is 0 Å². The van der Waals surface area contributed by atoms with Gasteiger partial charge in [0.1, 0.15) is 15.7 Å². The molecule has 138 valence electrons. The van der Waals surface area contributed by atoms with Gasteiger partial charge in [0.2, 0.25) is 0 Å². The van der Waals surface area contributed by atoms with Crippen molar-refractivity contribution in [2.45, 2.75) is 20.8 Å². The highest BCUT2D eigenvalue weighted by atomic mass is 32.1. The maximum atomic E-state index is 12.3. The first-order valence-electron chi connectivity index (χ1n) is 7.94. The van der Waals surface area contributed by atoms with Gasteiger partial charge in [-0.3, -0.25) is 0 Å². The Morgan fingerprint density at radius 3 is 2.46 bits per heavy atom. The van der Waals surface area contributed by atoms with Crippen LogP contribution in [0.15, 0.2) is 24.4 Å². The molecule has 0 amide bonds. The van der Waals surface area contributed by atoms with Gasteiger partial charge in [-0.15, -0.1) is 11.3 Å². The number of ether oxygens (including phenoxy) is 2. The fourth-order valence-electron chi connectivity index (χ4n) is 2.13. The minimum Gasteiger partial charge on any atom is -0.462 e. The van der Waals surface area contributed by atoms with Gasteiger partial charge < -0.3 is 20.1 Å². The zero-order chi connectivity index (χ0) is 19.1. The molecule has 0 aliphatic rings. The topological polar surface area (TPSA) is 89.5 Å². The summed E-state index contributed by atoms with van der Waals surface area (Å²) in [5, 5.41) is 6.52. The predicted molar refractivity (Wildman–Crippen MR) is 105 cm³/mol. The standard InChI is InChI=1S/C17H19N3O4S2/c1-4-23-15(21)12-10(3)13(16(22)24-5-2)26-14(12)20-17(25)19-11-8-6-7-9-18-11/h6-9H,4-5H2,1-3H3,(H2,18,19,20,25). The monoisotopic (exact) mass is 393 g/mol. The van der Waals surface area contributed by atoms with Crippen molar-refractivity contribution in [3.63, 3.8) is 0 Å². The SMILES string of the molecule is CCOC(=O)c1sc(NC(=S)Nc2ccccn2)c(C(=O)OCC)c1C. The average Bonchev–Trinajstić information content (AvgIpc) is 2.92. The molecule has 0 aliphatic heterocycles. The molecule has 2 aromatic heterocycles. The summed E-state index contributed by atoms with van der Waals surface area (Å²) >= 11 is 6.37. The highest BCUT2D eigenvalue weighted by Crippen LogP contribution is 2.34. The van der Waals surface area contributed by atoms with Gasteiger partial charge in [0, 0.05) is 6.20 Å². The van der Waals surface area contributed by atoms with Gasteiger partial charge in [-0.1, -0.05) is 6.07 Å². The van der Waals surface area contributed by atoms with E-state index in [1.807, 2.05) is 6.07 Å². The molecule has 2 aromatic rings. The summed E-state index contributed by atoms with van der Waals surface area (Å²) in [5.74, 6) is -0.460. The predicted octanol–water partition coefficient (Wildman–Crippen LogP) is 3.61. The highest BCUT2D eigenvalue weighted by Gasteiger charge is 2.26. The van der Waals surface area contributed by atoms with Crippen LogP contribution in [0.5, 0.6) is 0 Å². The summed E-state index contributed by atoms with van der Waals surface area (Å²) in [6.07, 6.45) is 1.63. The van der Waals surface area contributed by atoms with Crippen molar-refractivity contribution >= 4 is 51.4 Å². The van der Waals surface area contributed by atoms with Gasteiger partial charge in [-0.25, -0.2) is 14.6 Å². The molecule has 0 fully saturated rings. The van der Waals surface area contributed by atoms with Crippen LogP contribution >= 0.6 is 23.6 Å². The fraction of sp³-hybridized carbons (Fsp3) is 0.294. The number of nitrogens with one attached hydrogen (secondary N) is 2. The third kappa shape index (κ3) is 4.77. The Morgan fingerprint density at radius 1 is 1.15 bits per heavy atom. The summed E-state index contributed by atoms with van der Waals surface area (Å²) in [6, 6.07) is 5.36. The van der Waals surface area contributed by atoms with E-state index in [0.717, 1.165) is 11.3 Å². The van der Waals surface area contributed by atoms with Crippen LogP contribution in [0.4, 0.5) is 10.8 Å². The summed E-state index contributed by atoms with van der Waals surface area (Å²) in [4.78, 5) is 28.9. The van der Waals surface area contributed by atoms with Crippen LogP contribution in [0.3, 0.4) is 0 Å². The Kier molecular flexibility index (Phi) is 7.05. The number of rotatable bonds is 6. The van der Waals surface area contributed by atoms with E-state index < -0.39 is 11.9 Å². The number of esters is 2. The zero-order valence-corrected chi connectivity index (χ0v) is 16.3. The van der Waals surface area contributed by atoms with E-state index in [1.54, 1.807) is 39.1 Å². The second-order valence-corrected chi connectivity index (χ2v) is 6.42. The number of hydrogen-bond donors (Lipinski definition) is 2. The molecule has 2 heterocycles. The Balaban J connectivity index is 2.30. The van der Waals surface area contributed by atoms with Crippen LogP contribution in [0.2, 0.25) is 0 Å². The van der Waals surface area contributed by atoms with Gasteiger partial charge in [0.05, 0.1) is 18.8 Å². The molecule has 2 rings (SSSR count). The van der Waals surface area contributed by atoms with Crippen LogP contribution in [0.25, 0.3) is 0 Å². The van der Waals surface area contributed by atoms with Gasteiger partial charge in [-0.05, 0) is 50.7 Å². The maximum absolute atomic E-state index is 12.3. The third-order valence-corrected chi connectivity index (χ3v) is 4.61. The summed E-state index contributed by atoms with van der Waals surface area (Å²) in [7, 11) is 0. The number of thiocarbonyl (C=S) groups is 1. The zero-order valence-electron chi connectivity index (χ0n) is 14.6. The number of nitrogens with zero attached hydrogens (tertiary/aromatic N) is 1. The molecule has 7 nitrogen and oxygen atoms in total. The fourth-order valence-corrected chi connectivity index (χ4v) is 3.49. The lowest BCUT2D eigenvalue weighted by Crippen LogP contribution is -2.20. The largest absolute Gasteiger partial charge is 0.462 e. The molecule has 0 saturated heterocycles. The van der Waals surface area contributed by atoms with E-state index in [1.165, 1.54) is 0 Å². The van der Waals surface area contributed by atoms with Gasteiger partial charge in [0.15, 0.2) is 5.11 Å². The Bertz CT molecular complexity index is 806. The van der Waals surface area contributed by atoms with Crippen LogP contribution in [-0.4, -0.2) is 35.2 Å².